The topological polar surface area (TPSA) is 35.6 Å². The van der Waals surface area contributed by atoms with Gasteiger partial charge in [0.1, 0.15) is 0 Å². The van der Waals surface area contributed by atoms with E-state index in [1.165, 1.54) is 27.5 Å². The first-order valence-corrected chi connectivity index (χ1v) is 11.3. The lowest BCUT2D eigenvalue weighted by atomic mass is 10.1. The zero-order valence-electron chi connectivity index (χ0n) is 14.9. The molecule has 0 bridgehead atoms. The van der Waals surface area contributed by atoms with Crippen LogP contribution in [0.4, 0.5) is 5.69 Å². The Kier molecular flexibility index (Phi) is 5.94. The van der Waals surface area contributed by atoms with Gasteiger partial charge in [0.15, 0.2) is 0 Å². The Bertz CT molecular complexity index is 755. The Morgan fingerprint density at radius 2 is 2.00 bits per heavy atom. The summed E-state index contributed by atoms with van der Waals surface area (Å²) in [5.74, 6) is 2.52. The fourth-order valence-corrected chi connectivity index (χ4v) is 5.48. The molecule has 1 fully saturated rings. The number of nitrogens with zero attached hydrogens (tertiary/aromatic N) is 2. The number of nitrogens with one attached hydrogen (secondary N) is 1. The van der Waals surface area contributed by atoms with E-state index in [2.05, 4.69) is 38.7 Å². The van der Waals surface area contributed by atoms with Gasteiger partial charge in [-0.05, 0) is 41.1 Å². The van der Waals surface area contributed by atoms with Crippen LogP contribution in [-0.2, 0) is 24.3 Å². The summed E-state index contributed by atoms with van der Waals surface area (Å²) in [6.07, 6.45) is 1.06. The summed E-state index contributed by atoms with van der Waals surface area (Å²) in [7, 11) is 0. The van der Waals surface area contributed by atoms with Crippen molar-refractivity contribution >= 4 is 34.7 Å². The highest BCUT2D eigenvalue weighted by Gasteiger charge is 2.19. The molecule has 3 heterocycles. The van der Waals surface area contributed by atoms with Gasteiger partial charge in [0.05, 0.1) is 6.54 Å². The van der Waals surface area contributed by atoms with Crippen molar-refractivity contribution in [2.45, 2.75) is 19.5 Å². The predicted molar refractivity (Wildman–Crippen MR) is 111 cm³/mol. The molecule has 0 atom stereocenters. The number of thiophene rings is 1. The zero-order valence-corrected chi connectivity index (χ0v) is 16.6. The van der Waals surface area contributed by atoms with Crippen LogP contribution < -0.4 is 5.32 Å². The molecule has 138 valence electrons. The monoisotopic (exact) mass is 387 g/mol. The van der Waals surface area contributed by atoms with Gasteiger partial charge in [0.25, 0.3) is 0 Å². The van der Waals surface area contributed by atoms with Gasteiger partial charge in [-0.2, -0.15) is 11.8 Å². The molecule has 0 unspecified atom stereocenters. The lowest BCUT2D eigenvalue weighted by Gasteiger charge is -2.26. The Labute approximate surface area is 163 Å². The van der Waals surface area contributed by atoms with Gasteiger partial charge in [-0.15, -0.1) is 11.3 Å². The molecule has 1 amide bonds. The maximum Gasteiger partial charge on any atom is 0.238 e. The molecule has 6 heteroatoms. The van der Waals surface area contributed by atoms with Crippen molar-refractivity contribution < 1.29 is 4.79 Å². The van der Waals surface area contributed by atoms with E-state index in [1.54, 1.807) is 0 Å². The Hall–Kier alpha value is -1.34. The van der Waals surface area contributed by atoms with Crippen molar-refractivity contribution in [2.24, 2.45) is 0 Å². The molecule has 0 radical (unpaired) electrons. The van der Waals surface area contributed by atoms with Crippen LogP contribution in [0, 0.1) is 0 Å². The lowest BCUT2D eigenvalue weighted by Crippen LogP contribution is -2.36. The largest absolute Gasteiger partial charge is 0.325 e. The van der Waals surface area contributed by atoms with Crippen molar-refractivity contribution in [1.29, 1.82) is 0 Å². The number of carbonyl (C=O) groups is 1. The van der Waals surface area contributed by atoms with E-state index in [9.17, 15) is 4.79 Å². The van der Waals surface area contributed by atoms with E-state index in [1.807, 2.05) is 35.2 Å². The van der Waals surface area contributed by atoms with Gasteiger partial charge in [0.2, 0.25) is 5.91 Å². The van der Waals surface area contributed by atoms with Crippen LogP contribution in [0.1, 0.15) is 16.0 Å². The first kappa shape index (κ1) is 18.0. The third-order valence-corrected chi connectivity index (χ3v) is 6.94. The maximum absolute atomic E-state index is 12.5. The average Bonchev–Trinajstić information content (AvgIpc) is 3.10. The molecule has 1 N–H and O–H groups in total. The number of benzene rings is 1. The van der Waals surface area contributed by atoms with Crippen LogP contribution in [-0.4, -0.2) is 53.4 Å². The molecule has 2 aliphatic heterocycles. The smallest absolute Gasteiger partial charge is 0.238 e. The summed E-state index contributed by atoms with van der Waals surface area (Å²) in [6.45, 7) is 5.59. The van der Waals surface area contributed by atoms with Crippen molar-refractivity contribution in [3.63, 3.8) is 0 Å². The fraction of sp³-hybridized carbons (Fsp3) is 0.450. The van der Waals surface area contributed by atoms with E-state index >= 15 is 0 Å². The number of carbonyl (C=O) groups excluding carboxylic acids is 1. The molecule has 1 aromatic heterocycles. The standard InChI is InChI=1S/C20H25N3OS2/c24-20(15-23-6-4-19-17(14-23)5-9-26-19)21-18-3-1-2-16(12-18)13-22-7-10-25-11-8-22/h1-3,5,9,12H,4,6-8,10-11,13-15H2,(H,21,24). The van der Waals surface area contributed by atoms with Gasteiger partial charge in [0, 0.05) is 54.8 Å². The van der Waals surface area contributed by atoms with Crippen LogP contribution >= 0.6 is 23.1 Å². The van der Waals surface area contributed by atoms with E-state index in [0.29, 0.717) is 6.54 Å². The number of hydrogen-bond acceptors (Lipinski definition) is 5. The SMILES string of the molecule is O=C(CN1CCc2sccc2C1)Nc1cccc(CN2CCSCC2)c1. The predicted octanol–water partition coefficient (Wildman–Crippen LogP) is 3.29. The van der Waals surface area contributed by atoms with Crippen molar-refractivity contribution in [1.82, 2.24) is 9.80 Å². The number of anilines is 1. The van der Waals surface area contributed by atoms with E-state index < -0.39 is 0 Å². The quantitative estimate of drug-likeness (QED) is 0.854. The highest BCUT2D eigenvalue weighted by atomic mass is 32.2. The molecular formula is C20H25N3OS2. The van der Waals surface area contributed by atoms with Gasteiger partial charge in [-0.1, -0.05) is 12.1 Å². The van der Waals surface area contributed by atoms with Gasteiger partial charge in [-0.25, -0.2) is 0 Å². The number of hydrogen-bond donors (Lipinski definition) is 1. The van der Waals surface area contributed by atoms with Crippen LogP contribution in [0.25, 0.3) is 0 Å². The highest BCUT2D eigenvalue weighted by molar-refractivity contribution is 7.99. The Balaban J connectivity index is 1.30. The molecule has 4 nitrogen and oxygen atoms in total. The highest BCUT2D eigenvalue weighted by Crippen LogP contribution is 2.24. The van der Waals surface area contributed by atoms with E-state index in [-0.39, 0.29) is 5.91 Å². The lowest BCUT2D eigenvalue weighted by molar-refractivity contribution is -0.117. The molecule has 26 heavy (non-hydrogen) atoms. The van der Waals surface area contributed by atoms with Gasteiger partial charge in [-0.3, -0.25) is 14.6 Å². The normalized spacial score (nSPS) is 18.5. The van der Waals surface area contributed by atoms with Crippen molar-refractivity contribution in [3.05, 3.63) is 51.7 Å². The molecule has 1 aromatic carbocycles. The van der Waals surface area contributed by atoms with Gasteiger partial charge >= 0.3 is 0 Å². The maximum atomic E-state index is 12.5. The Morgan fingerprint density at radius 3 is 2.88 bits per heavy atom. The third-order valence-electron chi connectivity index (χ3n) is 4.97. The number of amides is 1. The summed E-state index contributed by atoms with van der Waals surface area (Å²) in [5.41, 5.74) is 3.57. The minimum atomic E-state index is 0.0789. The number of rotatable bonds is 5. The fourth-order valence-electron chi connectivity index (χ4n) is 3.61. The van der Waals surface area contributed by atoms with Gasteiger partial charge < -0.3 is 5.32 Å². The third kappa shape index (κ3) is 4.68. The van der Waals surface area contributed by atoms with Crippen LogP contribution in [0.15, 0.2) is 35.7 Å². The second-order valence-electron chi connectivity index (χ2n) is 6.97. The summed E-state index contributed by atoms with van der Waals surface area (Å²) in [4.78, 5) is 18.7. The van der Waals surface area contributed by atoms with Crippen LogP contribution in [0.5, 0.6) is 0 Å². The second-order valence-corrected chi connectivity index (χ2v) is 9.19. The number of thioether (sulfide) groups is 1. The molecule has 0 spiro atoms. The van der Waals surface area contributed by atoms with Crippen LogP contribution in [0.3, 0.4) is 0 Å². The minimum Gasteiger partial charge on any atom is -0.325 e. The first-order valence-electron chi connectivity index (χ1n) is 9.23. The van der Waals surface area contributed by atoms with E-state index in [0.717, 1.165) is 44.8 Å². The summed E-state index contributed by atoms with van der Waals surface area (Å²) < 4.78 is 0. The molecule has 4 rings (SSSR count). The van der Waals surface area contributed by atoms with Crippen molar-refractivity contribution in [3.8, 4) is 0 Å². The minimum absolute atomic E-state index is 0.0789. The summed E-state index contributed by atoms with van der Waals surface area (Å²) in [5, 5.41) is 5.24. The van der Waals surface area contributed by atoms with E-state index in [4.69, 9.17) is 0 Å². The van der Waals surface area contributed by atoms with Crippen LogP contribution in [0.2, 0.25) is 0 Å². The molecule has 0 saturated carbocycles. The molecule has 2 aliphatic rings. The zero-order chi connectivity index (χ0) is 17.8. The average molecular weight is 388 g/mol. The first-order chi connectivity index (χ1) is 12.8. The number of fused-ring (bicyclic) bond motifs is 1. The molecule has 2 aromatic rings. The van der Waals surface area contributed by atoms with Crippen molar-refractivity contribution in [2.75, 3.05) is 43.0 Å². The molecule has 1 saturated heterocycles. The molecular weight excluding hydrogens is 362 g/mol. The summed E-state index contributed by atoms with van der Waals surface area (Å²) >= 11 is 3.86. The molecule has 0 aliphatic carbocycles. The Morgan fingerprint density at radius 1 is 1.12 bits per heavy atom. The second kappa shape index (κ2) is 8.57. The summed E-state index contributed by atoms with van der Waals surface area (Å²) in [6, 6.07) is 10.5.